The van der Waals surface area contributed by atoms with Crippen molar-refractivity contribution in [2.45, 2.75) is 37.8 Å². The van der Waals surface area contributed by atoms with E-state index in [0.29, 0.717) is 11.1 Å². The molecule has 6 heteroatoms. The van der Waals surface area contributed by atoms with Crippen LogP contribution in [0.3, 0.4) is 0 Å². The molecule has 2 aromatic carbocycles. The molecular weight excluding hydrogens is 349 g/mol. The number of Topliss-reactive ketones (excluding diaryl/α,β-unsaturated/α-hetero) is 1. The number of ether oxygens (including phenoxy) is 1. The number of halogens is 1. The molecule has 3 rings (SSSR count). The first-order valence-corrected chi connectivity index (χ1v) is 8.86. The SMILES string of the molecule is O=C(CCC(=O)c1ccc(F)cc1)O[C@H](C(=O)NC1CC1)c1ccccc1. The third-order valence-electron chi connectivity index (χ3n) is 4.24. The second-order valence-corrected chi connectivity index (χ2v) is 6.49. The summed E-state index contributed by atoms with van der Waals surface area (Å²) in [7, 11) is 0. The van der Waals surface area contributed by atoms with E-state index < -0.39 is 17.9 Å². The van der Waals surface area contributed by atoms with Crippen molar-refractivity contribution in [3.8, 4) is 0 Å². The summed E-state index contributed by atoms with van der Waals surface area (Å²) in [6.45, 7) is 0. The second kappa shape index (κ2) is 8.58. The summed E-state index contributed by atoms with van der Waals surface area (Å²) in [6.07, 6.45) is 0.577. The Hall–Kier alpha value is -3.02. The molecule has 0 saturated heterocycles. The molecule has 0 aliphatic heterocycles. The zero-order valence-electron chi connectivity index (χ0n) is 14.7. The first-order valence-electron chi connectivity index (χ1n) is 8.86. The first-order chi connectivity index (χ1) is 13.0. The fourth-order valence-electron chi connectivity index (χ4n) is 2.59. The van der Waals surface area contributed by atoms with Crippen LogP contribution in [0.25, 0.3) is 0 Å². The van der Waals surface area contributed by atoms with Gasteiger partial charge in [0.05, 0.1) is 6.42 Å². The van der Waals surface area contributed by atoms with Gasteiger partial charge in [0.1, 0.15) is 5.82 Å². The number of carbonyl (C=O) groups is 3. The predicted molar refractivity (Wildman–Crippen MR) is 96.4 cm³/mol. The summed E-state index contributed by atoms with van der Waals surface area (Å²) < 4.78 is 18.3. The summed E-state index contributed by atoms with van der Waals surface area (Å²) in [5.74, 6) is -1.71. The van der Waals surface area contributed by atoms with Crippen molar-refractivity contribution >= 4 is 17.7 Å². The molecule has 0 unspecified atom stereocenters. The van der Waals surface area contributed by atoms with Crippen LogP contribution in [0.15, 0.2) is 54.6 Å². The summed E-state index contributed by atoms with van der Waals surface area (Å²) in [5.41, 5.74) is 0.907. The van der Waals surface area contributed by atoms with Gasteiger partial charge >= 0.3 is 5.97 Å². The van der Waals surface area contributed by atoms with Crippen LogP contribution in [0.5, 0.6) is 0 Å². The maximum Gasteiger partial charge on any atom is 0.307 e. The Bertz CT molecular complexity index is 816. The molecule has 0 radical (unpaired) electrons. The molecule has 1 amide bonds. The third kappa shape index (κ3) is 5.48. The van der Waals surface area contributed by atoms with Gasteiger partial charge in [0, 0.05) is 23.6 Å². The smallest absolute Gasteiger partial charge is 0.307 e. The molecule has 2 aromatic rings. The molecule has 1 saturated carbocycles. The Labute approximate surface area is 156 Å². The average molecular weight is 369 g/mol. The number of nitrogens with one attached hydrogen (secondary N) is 1. The van der Waals surface area contributed by atoms with Gasteiger partial charge in [-0.3, -0.25) is 14.4 Å². The number of ketones is 1. The first kappa shape index (κ1) is 18.8. The molecule has 0 bridgehead atoms. The molecule has 0 aromatic heterocycles. The van der Waals surface area contributed by atoms with Crippen LogP contribution in [-0.4, -0.2) is 23.7 Å². The number of benzene rings is 2. The Morgan fingerprint density at radius 1 is 1.00 bits per heavy atom. The molecule has 1 aliphatic rings. The Morgan fingerprint density at radius 2 is 1.67 bits per heavy atom. The van der Waals surface area contributed by atoms with E-state index in [1.54, 1.807) is 24.3 Å². The van der Waals surface area contributed by atoms with Gasteiger partial charge in [0.2, 0.25) is 6.10 Å². The Balaban J connectivity index is 1.59. The van der Waals surface area contributed by atoms with Crippen molar-refractivity contribution in [3.63, 3.8) is 0 Å². The van der Waals surface area contributed by atoms with Gasteiger partial charge in [-0.05, 0) is 37.1 Å². The van der Waals surface area contributed by atoms with Crippen molar-refractivity contribution < 1.29 is 23.5 Å². The number of hydrogen-bond donors (Lipinski definition) is 1. The van der Waals surface area contributed by atoms with E-state index in [-0.39, 0.29) is 30.6 Å². The van der Waals surface area contributed by atoms with Crippen molar-refractivity contribution in [2.75, 3.05) is 0 Å². The number of esters is 1. The minimum absolute atomic E-state index is 0.0732. The topological polar surface area (TPSA) is 72.5 Å². The summed E-state index contributed by atoms with van der Waals surface area (Å²) in [4.78, 5) is 36.7. The minimum Gasteiger partial charge on any atom is -0.447 e. The molecule has 140 valence electrons. The van der Waals surface area contributed by atoms with Gasteiger partial charge < -0.3 is 10.1 Å². The van der Waals surface area contributed by atoms with E-state index >= 15 is 0 Å². The number of hydrogen-bond acceptors (Lipinski definition) is 4. The third-order valence-corrected chi connectivity index (χ3v) is 4.24. The van der Waals surface area contributed by atoms with E-state index in [1.165, 1.54) is 24.3 Å². The number of carbonyl (C=O) groups excluding carboxylic acids is 3. The van der Waals surface area contributed by atoms with Gasteiger partial charge in [-0.15, -0.1) is 0 Å². The largest absolute Gasteiger partial charge is 0.447 e. The highest BCUT2D eigenvalue weighted by molar-refractivity contribution is 5.97. The molecule has 0 heterocycles. The standard InChI is InChI=1S/C21H20FNO4/c22-16-8-6-14(7-9-16)18(24)12-13-19(25)27-20(15-4-2-1-3-5-15)21(26)23-17-10-11-17/h1-9,17,20H,10-13H2,(H,23,26)/t20-/m0/s1. The maximum absolute atomic E-state index is 12.9. The monoisotopic (exact) mass is 369 g/mol. The molecule has 1 fully saturated rings. The van der Waals surface area contributed by atoms with Crippen molar-refractivity contribution in [1.82, 2.24) is 5.32 Å². The molecule has 5 nitrogen and oxygen atoms in total. The fourth-order valence-corrected chi connectivity index (χ4v) is 2.59. The highest BCUT2D eigenvalue weighted by atomic mass is 19.1. The van der Waals surface area contributed by atoms with Gasteiger partial charge in [0.25, 0.3) is 5.91 Å². The zero-order chi connectivity index (χ0) is 19.2. The van der Waals surface area contributed by atoms with Gasteiger partial charge in [-0.2, -0.15) is 0 Å². The highest BCUT2D eigenvalue weighted by Crippen LogP contribution is 2.23. The molecular formula is C21H20FNO4. The van der Waals surface area contributed by atoms with Crippen molar-refractivity contribution in [1.29, 1.82) is 0 Å². The van der Waals surface area contributed by atoms with E-state index in [9.17, 15) is 18.8 Å². The van der Waals surface area contributed by atoms with Crippen LogP contribution >= 0.6 is 0 Å². The van der Waals surface area contributed by atoms with Crippen LogP contribution in [0.1, 0.15) is 47.7 Å². The summed E-state index contributed by atoms with van der Waals surface area (Å²) >= 11 is 0. The number of rotatable bonds is 8. The molecule has 1 aliphatic carbocycles. The zero-order valence-corrected chi connectivity index (χ0v) is 14.7. The lowest BCUT2D eigenvalue weighted by molar-refractivity contribution is -0.156. The van der Waals surface area contributed by atoms with Crippen LogP contribution in [0, 0.1) is 5.82 Å². The summed E-state index contributed by atoms with van der Waals surface area (Å²) in [6, 6.07) is 14.0. The van der Waals surface area contributed by atoms with Crippen molar-refractivity contribution in [2.24, 2.45) is 0 Å². The average Bonchev–Trinajstić information content (AvgIpc) is 3.49. The molecule has 0 spiro atoms. The van der Waals surface area contributed by atoms with E-state index in [1.807, 2.05) is 6.07 Å². The quantitative estimate of drug-likeness (QED) is 0.572. The van der Waals surface area contributed by atoms with Gasteiger partial charge in [-0.1, -0.05) is 30.3 Å². The normalized spacial score (nSPS) is 14.3. The van der Waals surface area contributed by atoms with E-state index in [2.05, 4.69) is 5.32 Å². The molecule has 27 heavy (non-hydrogen) atoms. The Morgan fingerprint density at radius 3 is 2.30 bits per heavy atom. The van der Waals surface area contributed by atoms with Crippen LogP contribution in [0.2, 0.25) is 0 Å². The van der Waals surface area contributed by atoms with Gasteiger partial charge in [-0.25, -0.2) is 4.39 Å². The Kier molecular flexibility index (Phi) is 5.96. The van der Waals surface area contributed by atoms with E-state index in [4.69, 9.17) is 4.74 Å². The lowest BCUT2D eigenvalue weighted by Gasteiger charge is -2.18. The van der Waals surface area contributed by atoms with Crippen LogP contribution < -0.4 is 5.32 Å². The predicted octanol–water partition coefficient (Wildman–Crippen LogP) is 3.35. The highest BCUT2D eigenvalue weighted by Gasteiger charge is 2.30. The minimum atomic E-state index is -1.04. The lowest BCUT2D eigenvalue weighted by Crippen LogP contribution is -2.33. The summed E-state index contributed by atoms with van der Waals surface area (Å²) in [5, 5.41) is 2.84. The number of amides is 1. The maximum atomic E-state index is 12.9. The van der Waals surface area contributed by atoms with Gasteiger partial charge in [0.15, 0.2) is 5.78 Å². The van der Waals surface area contributed by atoms with Crippen molar-refractivity contribution in [3.05, 3.63) is 71.5 Å². The lowest BCUT2D eigenvalue weighted by atomic mass is 10.1. The van der Waals surface area contributed by atoms with Crippen LogP contribution in [-0.2, 0) is 14.3 Å². The second-order valence-electron chi connectivity index (χ2n) is 6.49. The van der Waals surface area contributed by atoms with Crippen LogP contribution in [0.4, 0.5) is 4.39 Å². The molecule has 1 atom stereocenters. The molecule has 1 N–H and O–H groups in total. The van der Waals surface area contributed by atoms with E-state index in [0.717, 1.165) is 12.8 Å². The fraction of sp³-hybridized carbons (Fsp3) is 0.286.